The molecule has 1 atom stereocenters. The van der Waals surface area contributed by atoms with Gasteiger partial charge in [-0.3, -0.25) is 4.79 Å². The number of hydrogen-bond donors (Lipinski definition) is 2. The van der Waals surface area contributed by atoms with Gasteiger partial charge in [0, 0.05) is 49.5 Å². The molecule has 2 aromatic carbocycles. The lowest BCUT2D eigenvalue weighted by Crippen LogP contribution is -2.34. The van der Waals surface area contributed by atoms with E-state index in [1.165, 1.54) is 6.42 Å². The molecule has 0 amide bonds. The van der Waals surface area contributed by atoms with E-state index in [0.717, 1.165) is 53.9 Å². The number of benzene rings is 2. The second-order valence-corrected chi connectivity index (χ2v) is 9.08. The van der Waals surface area contributed by atoms with Gasteiger partial charge in [-0.15, -0.1) is 0 Å². The quantitative estimate of drug-likeness (QED) is 0.460. The minimum Gasteiger partial charge on any atom is -0.395 e. The summed E-state index contributed by atoms with van der Waals surface area (Å²) in [6.45, 7) is 6.40. The SMILES string of the molecule is C[C@H]1CCCN(c2cc(NCCN(C)CCO)c3c4c(onc24)-c2ccccc2C3=O)C1. The monoisotopic (exact) mass is 434 g/mol. The van der Waals surface area contributed by atoms with Crippen molar-refractivity contribution in [1.82, 2.24) is 10.1 Å². The summed E-state index contributed by atoms with van der Waals surface area (Å²) < 4.78 is 5.87. The highest BCUT2D eigenvalue weighted by Crippen LogP contribution is 2.46. The van der Waals surface area contributed by atoms with Gasteiger partial charge in [0.05, 0.1) is 23.2 Å². The third-order valence-electron chi connectivity index (χ3n) is 6.67. The Kier molecular flexibility index (Phi) is 5.61. The van der Waals surface area contributed by atoms with Crippen LogP contribution in [0.25, 0.3) is 22.2 Å². The maximum Gasteiger partial charge on any atom is 0.196 e. The molecule has 2 aliphatic rings. The van der Waals surface area contributed by atoms with Gasteiger partial charge in [-0.25, -0.2) is 0 Å². The lowest BCUT2D eigenvalue weighted by atomic mass is 9.86. The largest absolute Gasteiger partial charge is 0.395 e. The number of carbonyl (C=O) groups excluding carboxylic acids is 1. The summed E-state index contributed by atoms with van der Waals surface area (Å²) >= 11 is 0. The van der Waals surface area contributed by atoms with Crippen molar-refractivity contribution in [3.63, 3.8) is 0 Å². The molecule has 2 heterocycles. The molecule has 2 N–H and O–H groups in total. The molecular formula is C25H30N4O3. The number of nitrogens with zero attached hydrogens (tertiary/aromatic N) is 3. The van der Waals surface area contributed by atoms with Gasteiger partial charge in [-0.05, 0) is 31.9 Å². The number of hydrogen-bond acceptors (Lipinski definition) is 7. The van der Waals surface area contributed by atoms with E-state index >= 15 is 0 Å². The molecule has 7 nitrogen and oxygen atoms in total. The molecule has 0 radical (unpaired) electrons. The van der Waals surface area contributed by atoms with Gasteiger partial charge >= 0.3 is 0 Å². The van der Waals surface area contributed by atoms with E-state index in [1.54, 1.807) is 0 Å². The second-order valence-electron chi connectivity index (χ2n) is 9.08. The van der Waals surface area contributed by atoms with Crippen molar-refractivity contribution < 1.29 is 14.4 Å². The first-order valence-corrected chi connectivity index (χ1v) is 11.5. The van der Waals surface area contributed by atoms with E-state index in [2.05, 4.69) is 33.3 Å². The Hall–Kier alpha value is -2.90. The van der Waals surface area contributed by atoms with Crippen LogP contribution in [0, 0.1) is 5.92 Å². The Labute approximate surface area is 188 Å². The molecule has 7 heteroatoms. The lowest BCUT2D eigenvalue weighted by molar-refractivity contribution is 0.104. The fourth-order valence-corrected chi connectivity index (χ4v) is 4.99. The summed E-state index contributed by atoms with van der Waals surface area (Å²) in [7, 11) is 1.98. The molecule has 0 spiro atoms. The first kappa shape index (κ1) is 21.0. The fraction of sp³-hybridized carbons (Fsp3) is 0.440. The molecule has 1 saturated heterocycles. The Balaban J connectivity index is 1.62. The number of carbonyl (C=O) groups is 1. The summed E-state index contributed by atoms with van der Waals surface area (Å²) in [5.74, 6) is 1.30. The van der Waals surface area contributed by atoms with Gasteiger partial charge in [-0.1, -0.05) is 36.3 Å². The molecule has 32 heavy (non-hydrogen) atoms. The highest BCUT2D eigenvalue weighted by atomic mass is 16.5. The normalized spacial score (nSPS) is 17.8. The van der Waals surface area contributed by atoms with Crippen molar-refractivity contribution >= 4 is 28.1 Å². The first-order valence-electron chi connectivity index (χ1n) is 11.5. The topological polar surface area (TPSA) is 81.8 Å². The van der Waals surface area contributed by atoms with Crippen LogP contribution in [0.2, 0.25) is 0 Å². The third-order valence-corrected chi connectivity index (χ3v) is 6.67. The molecule has 1 aliphatic carbocycles. The van der Waals surface area contributed by atoms with Crippen LogP contribution in [0.15, 0.2) is 34.9 Å². The van der Waals surface area contributed by atoms with Gasteiger partial charge in [0.2, 0.25) is 0 Å². The van der Waals surface area contributed by atoms with Crippen molar-refractivity contribution in [2.75, 3.05) is 56.6 Å². The molecule has 3 aromatic rings. The zero-order chi connectivity index (χ0) is 22.2. The minimum atomic E-state index is 0.00563. The average Bonchev–Trinajstić information content (AvgIpc) is 3.23. The zero-order valence-electron chi connectivity index (χ0n) is 18.7. The van der Waals surface area contributed by atoms with Gasteiger partial charge < -0.3 is 24.7 Å². The highest BCUT2D eigenvalue weighted by molar-refractivity contribution is 6.28. The Morgan fingerprint density at radius 1 is 1.28 bits per heavy atom. The van der Waals surface area contributed by atoms with Gasteiger partial charge in [0.15, 0.2) is 11.5 Å². The number of anilines is 2. The number of nitrogens with one attached hydrogen (secondary N) is 1. The minimum absolute atomic E-state index is 0.00563. The number of aromatic nitrogens is 1. The summed E-state index contributed by atoms with van der Waals surface area (Å²) in [6.07, 6.45) is 2.38. The average molecular weight is 435 g/mol. The summed E-state index contributed by atoms with van der Waals surface area (Å²) in [5.41, 5.74) is 4.74. The van der Waals surface area contributed by atoms with Crippen LogP contribution in [0.4, 0.5) is 11.4 Å². The number of piperidine rings is 1. The molecule has 1 aliphatic heterocycles. The van der Waals surface area contributed by atoms with Crippen molar-refractivity contribution in [2.45, 2.75) is 19.8 Å². The molecule has 0 bridgehead atoms. The van der Waals surface area contributed by atoms with Crippen LogP contribution in [-0.2, 0) is 0 Å². The van der Waals surface area contributed by atoms with E-state index in [9.17, 15) is 4.79 Å². The van der Waals surface area contributed by atoms with Crippen LogP contribution in [0.1, 0.15) is 35.7 Å². The van der Waals surface area contributed by atoms with Crippen molar-refractivity contribution in [2.24, 2.45) is 5.92 Å². The predicted octanol–water partition coefficient (Wildman–Crippen LogP) is 3.61. The maximum absolute atomic E-state index is 13.6. The first-order chi connectivity index (χ1) is 15.6. The number of likely N-dealkylation sites (N-methyl/N-ethyl adjacent to an activating group) is 1. The number of aliphatic hydroxyl groups is 1. The number of aliphatic hydroxyl groups excluding tert-OH is 1. The summed E-state index contributed by atoms with van der Waals surface area (Å²) in [5, 5.41) is 18.0. The van der Waals surface area contributed by atoms with E-state index in [-0.39, 0.29) is 12.4 Å². The maximum atomic E-state index is 13.6. The molecule has 1 fully saturated rings. The molecule has 0 saturated carbocycles. The molecular weight excluding hydrogens is 404 g/mol. The molecule has 168 valence electrons. The van der Waals surface area contributed by atoms with Crippen LogP contribution in [0.3, 0.4) is 0 Å². The number of ketones is 1. The van der Waals surface area contributed by atoms with Crippen molar-refractivity contribution in [1.29, 1.82) is 0 Å². The van der Waals surface area contributed by atoms with E-state index < -0.39 is 0 Å². The van der Waals surface area contributed by atoms with Crippen LogP contribution < -0.4 is 10.2 Å². The van der Waals surface area contributed by atoms with E-state index in [0.29, 0.717) is 35.9 Å². The van der Waals surface area contributed by atoms with Gasteiger partial charge in [0.25, 0.3) is 0 Å². The molecule has 1 aromatic heterocycles. The Bertz CT molecular complexity index is 1160. The smallest absolute Gasteiger partial charge is 0.196 e. The Morgan fingerprint density at radius 2 is 2.09 bits per heavy atom. The molecule has 0 unspecified atom stereocenters. The van der Waals surface area contributed by atoms with Crippen LogP contribution >= 0.6 is 0 Å². The van der Waals surface area contributed by atoms with Gasteiger partial charge in [0.1, 0.15) is 5.52 Å². The van der Waals surface area contributed by atoms with Gasteiger partial charge in [-0.2, -0.15) is 0 Å². The summed E-state index contributed by atoms with van der Waals surface area (Å²) in [4.78, 5) is 18.0. The standard InChI is InChI=1S/C25H30N4O3/c1-16-6-5-10-29(15-16)20-14-19(26-9-11-28(2)12-13-30)21-22-23(20)27-32-25(22)18-8-4-3-7-17(18)24(21)31/h3-4,7-8,14,16,26,30H,5-6,9-13,15H2,1-2H3/t16-/m0/s1. The summed E-state index contributed by atoms with van der Waals surface area (Å²) in [6, 6.07) is 9.68. The van der Waals surface area contributed by atoms with Crippen LogP contribution in [0.5, 0.6) is 0 Å². The van der Waals surface area contributed by atoms with E-state index in [4.69, 9.17) is 9.63 Å². The second kappa shape index (κ2) is 8.56. The fourth-order valence-electron chi connectivity index (χ4n) is 4.99. The van der Waals surface area contributed by atoms with Crippen molar-refractivity contribution in [3.8, 4) is 11.3 Å². The zero-order valence-corrected chi connectivity index (χ0v) is 18.7. The van der Waals surface area contributed by atoms with Crippen LogP contribution in [-0.4, -0.2) is 67.3 Å². The Morgan fingerprint density at radius 3 is 2.88 bits per heavy atom. The van der Waals surface area contributed by atoms with Crippen molar-refractivity contribution in [3.05, 3.63) is 41.5 Å². The third kappa shape index (κ3) is 3.55. The number of fused-ring (bicyclic) bond motifs is 2. The van der Waals surface area contributed by atoms with E-state index in [1.807, 2.05) is 31.3 Å². The number of rotatable bonds is 7. The highest BCUT2D eigenvalue weighted by Gasteiger charge is 2.34. The molecule has 5 rings (SSSR count). The predicted molar refractivity (Wildman–Crippen MR) is 127 cm³/mol. The lowest BCUT2D eigenvalue weighted by Gasteiger charge is -2.33.